The number of ketones is 1. The Morgan fingerprint density at radius 3 is 2.60 bits per heavy atom. The number of benzene rings is 1. The van der Waals surface area contributed by atoms with Crippen LogP contribution in [0.1, 0.15) is 63.2 Å². The monoisotopic (exact) mass is 344 g/mol. The van der Waals surface area contributed by atoms with Crippen molar-refractivity contribution >= 4 is 17.9 Å². The highest BCUT2D eigenvalue weighted by atomic mass is 16.3. The smallest absolute Gasteiger partial charge is 0.230 e. The molecule has 5 heteroatoms. The fraction of sp³-hybridized carbons (Fsp3) is 0.550. The zero-order valence-electron chi connectivity index (χ0n) is 15.4. The Labute approximate surface area is 149 Å². The third-order valence-corrected chi connectivity index (χ3v) is 5.43. The van der Waals surface area contributed by atoms with Gasteiger partial charge in [-0.05, 0) is 37.8 Å². The maximum absolute atomic E-state index is 12.3. The Bertz CT molecular complexity index is 646. The largest absolute Gasteiger partial charge is 0.508 e. The summed E-state index contributed by atoms with van der Waals surface area (Å²) >= 11 is 0. The van der Waals surface area contributed by atoms with Gasteiger partial charge in [-0.25, -0.2) is 5.01 Å². The molecule has 0 radical (unpaired) electrons. The molecule has 1 aromatic rings. The molecule has 0 saturated heterocycles. The summed E-state index contributed by atoms with van der Waals surface area (Å²) in [6.45, 7) is 6.14. The second kappa shape index (κ2) is 8.28. The van der Waals surface area contributed by atoms with E-state index in [4.69, 9.17) is 0 Å². The molecule has 25 heavy (non-hydrogen) atoms. The third kappa shape index (κ3) is 4.91. The summed E-state index contributed by atoms with van der Waals surface area (Å²) in [5.74, 6) is 0.330. The Morgan fingerprint density at radius 1 is 1.32 bits per heavy atom. The molecule has 1 aliphatic carbocycles. The first-order chi connectivity index (χ1) is 11.8. The molecular formula is C20H28N2O3. The minimum absolute atomic E-state index is 0.0293. The van der Waals surface area contributed by atoms with Gasteiger partial charge in [0.25, 0.3) is 0 Å². The Kier molecular flexibility index (Phi) is 6.34. The van der Waals surface area contributed by atoms with Gasteiger partial charge >= 0.3 is 0 Å². The highest BCUT2D eigenvalue weighted by Crippen LogP contribution is 2.39. The van der Waals surface area contributed by atoms with Crippen molar-refractivity contribution < 1.29 is 14.7 Å². The number of amides is 1. The average molecular weight is 344 g/mol. The number of rotatable bonds is 7. The fourth-order valence-electron chi connectivity index (χ4n) is 3.46. The van der Waals surface area contributed by atoms with Gasteiger partial charge in [0.2, 0.25) is 6.41 Å². The van der Waals surface area contributed by atoms with Gasteiger partial charge in [0.05, 0.1) is 0 Å². The lowest BCUT2D eigenvalue weighted by Gasteiger charge is -2.37. The topological polar surface area (TPSA) is 70.0 Å². The van der Waals surface area contributed by atoms with Crippen LogP contribution in [0.2, 0.25) is 0 Å². The molecule has 1 N–H and O–H groups in total. The molecule has 1 aromatic carbocycles. The first-order valence-corrected chi connectivity index (χ1v) is 8.94. The number of phenols is 1. The van der Waals surface area contributed by atoms with Crippen molar-refractivity contribution in [1.82, 2.24) is 5.01 Å². The number of carbonyl (C=O) groups excluding carboxylic acids is 2. The molecule has 1 aliphatic rings. The maximum atomic E-state index is 12.3. The van der Waals surface area contributed by atoms with Crippen LogP contribution < -0.4 is 0 Å². The van der Waals surface area contributed by atoms with Crippen LogP contribution >= 0.6 is 0 Å². The van der Waals surface area contributed by atoms with E-state index in [2.05, 4.69) is 18.9 Å². The minimum atomic E-state index is -0.255. The zero-order chi connectivity index (χ0) is 18.4. The van der Waals surface area contributed by atoms with Crippen LogP contribution in [0.3, 0.4) is 0 Å². The van der Waals surface area contributed by atoms with Gasteiger partial charge in [-0.3, -0.25) is 9.59 Å². The number of hydrogen-bond acceptors (Lipinski definition) is 4. The fourth-order valence-corrected chi connectivity index (χ4v) is 3.46. The molecule has 1 amide bonds. The van der Waals surface area contributed by atoms with E-state index >= 15 is 0 Å². The van der Waals surface area contributed by atoms with E-state index in [0.717, 1.165) is 10.7 Å². The van der Waals surface area contributed by atoms with E-state index in [1.54, 1.807) is 12.1 Å². The number of nitrogens with zero attached hydrogens (tertiary/aromatic N) is 2. The van der Waals surface area contributed by atoms with Crippen molar-refractivity contribution in [3.05, 3.63) is 29.8 Å². The van der Waals surface area contributed by atoms with Gasteiger partial charge < -0.3 is 5.11 Å². The van der Waals surface area contributed by atoms with Crippen molar-refractivity contribution in [3.63, 3.8) is 0 Å². The molecule has 136 valence electrons. The molecule has 0 heterocycles. The minimum Gasteiger partial charge on any atom is -0.508 e. The summed E-state index contributed by atoms with van der Waals surface area (Å²) in [6, 6.07) is 6.12. The first kappa shape index (κ1) is 19.2. The lowest BCUT2D eigenvalue weighted by molar-refractivity contribution is -0.117. The van der Waals surface area contributed by atoms with Crippen LogP contribution in [0.5, 0.6) is 5.75 Å². The summed E-state index contributed by atoms with van der Waals surface area (Å²) in [6.07, 6.45) is 6.73. The van der Waals surface area contributed by atoms with E-state index in [1.165, 1.54) is 44.2 Å². The van der Waals surface area contributed by atoms with Gasteiger partial charge in [-0.2, -0.15) is 5.10 Å². The number of carbonyl (C=O) groups is 2. The van der Waals surface area contributed by atoms with Crippen molar-refractivity contribution in [2.45, 2.75) is 52.9 Å². The molecule has 0 aromatic heterocycles. The number of hydrogen-bond donors (Lipinski definition) is 1. The molecule has 0 aliphatic heterocycles. The number of phenolic OH excluding ortho intramolecular Hbond substituents is 1. The SMILES string of the molecule is C/C(=N/N(C=O)CC(=O)c1cccc(O)c1)C(C)(C)C1CCCCC1. The standard InChI is InChI=1S/C20H28N2O3/c1-15(20(2,3)17-9-5-4-6-10-17)21-22(14-23)13-19(25)16-8-7-11-18(24)12-16/h7-8,11-12,14,17,24H,4-6,9-10,13H2,1-3H3/b21-15-. The van der Waals surface area contributed by atoms with Crippen LogP contribution in [0, 0.1) is 11.3 Å². The number of aromatic hydroxyl groups is 1. The predicted octanol–water partition coefficient (Wildman–Crippen LogP) is 4.02. The van der Waals surface area contributed by atoms with Crippen LogP contribution in [0.4, 0.5) is 0 Å². The third-order valence-electron chi connectivity index (χ3n) is 5.43. The number of hydrazone groups is 1. The molecule has 5 nitrogen and oxygen atoms in total. The van der Waals surface area contributed by atoms with Gasteiger partial charge in [-0.1, -0.05) is 45.2 Å². The average Bonchev–Trinajstić information content (AvgIpc) is 2.61. The van der Waals surface area contributed by atoms with Crippen molar-refractivity contribution in [3.8, 4) is 5.75 Å². The highest BCUT2D eigenvalue weighted by molar-refractivity contribution is 5.99. The number of Topliss-reactive ketones (excluding diaryl/α,β-unsaturated/α-hetero) is 1. The molecule has 1 fully saturated rings. The van der Waals surface area contributed by atoms with Crippen molar-refractivity contribution in [2.75, 3.05) is 6.54 Å². The summed E-state index contributed by atoms with van der Waals surface area (Å²) in [5, 5.41) is 15.1. The summed E-state index contributed by atoms with van der Waals surface area (Å²) in [7, 11) is 0. The van der Waals surface area contributed by atoms with Gasteiger partial charge in [0.15, 0.2) is 5.78 Å². The second-order valence-corrected chi connectivity index (χ2v) is 7.42. The Balaban J connectivity index is 2.09. The summed E-state index contributed by atoms with van der Waals surface area (Å²) < 4.78 is 0. The van der Waals surface area contributed by atoms with Gasteiger partial charge in [-0.15, -0.1) is 0 Å². The molecular weight excluding hydrogens is 316 g/mol. The van der Waals surface area contributed by atoms with Crippen LogP contribution in [0.15, 0.2) is 29.4 Å². The van der Waals surface area contributed by atoms with Crippen LogP contribution in [-0.4, -0.2) is 34.6 Å². The molecule has 1 saturated carbocycles. The first-order valence-electron chi connectivity index (χ1n) is 8.94. The quantitative estimate of drug-likeness (QED) is 0.351. The maximum Gasteiger partial charge on any atom is 0.230 e. The van der Waals surface area contributed by atoms with E-state index in [9.17, 15) is 14.7 Å². The van der Waals surface area contributed by atoms with Gasteiger partial charge in [0, 0.05) is 16.7 Å². The summed E-state index contributed by atoms with van der Waals surface area (Å²) in [4.78, 5) is 23.7. The highest BCUT2D eigenvalue weighted by Gasteiger charge is 2.33. The molecule has 0 atom stereocenters. The Hall–Kier alpha value is -2.17. The summed E-state index contributed by atoms with van der Waals surface area (Å²) in [5.41, 5.74) is 1.14. The normalized spacial score (nSPS) is 16.5. The Morgan fingerprint density at radius 2 is 2.00 bits per heavy atom. The van der Waals surface area contributed by atoms with Gasteiger partial charge in [0.1, 0.15) is 12.3 Å². The van der Waals surface area contributed by atoms with Crippen LogP contribution in [0.25, 0.3) is 0 Å². The van der Waals surface area contributed by atoms with E-state index in [1.807, 2.05) is 6.92 Å². The molecule has 0 unspecified atom stereocenters. The lowest BCUT2D eigenvalue weighted by Crippen LogP contribution is -2.35. The molecule has 2 rings (SSSR count). The van der Waals surface area contributed by atoms with Crippen LogP contribution in [-0.2, 0) is 4.79 Å². The molecule has 0 bridgehead atoms. The second-order valence-electron chi connectivity index (χ2n) is 7.42. The van der Waals surface area contributed by atoms with Crippen molar-refractivity contribution in [1.29, 1.82) is 0 Å². The predicted molar refractivity (Wildman–Crippen MR) is 98.7 cm³/mol. The molecule has 0 spiro atoms. The van der Waals surface area contributed by atoms with E-state index < -0.39 is 0 Å². The van der Waals surface area contributed by atoms with E-state index in [-0.39, 0.29) is 23.5 Å². The van der Waals surface area contributed by atoms with Crippen molar-refractivity contribution in [2.24, 2.45) is 16.4 Å². The zero-order valence-corrected chi connectivity index (χ0v) is 15.4. The lowest BCUT2D eigenvalue weighted by atomic mass is 9.69. The van der Waals surface area contributed by atoms with E-state index in [0.29, 0.717) is 17.9 Å².